The second-order valence-electron chi connectivity index (χ2n) is 3.14. The highest BCUT2D eigenvalue weighted by atomic mass is 19.4. The average molecular weight is 257 g/mol. The third kappa shape index (κ3) is 2.95. The summed E-state index contributed by atoms with van der Waals surface area (Å²) in [5.41, 5.74) is -4.39. The highest BCUT2D eigenvalue weighted by molar-refractivity contribution is 5.95. The zero-order valence-electron chi connectivity index (χ0n) is 8.28. The largest absolute Gasteiger partial charge is 0.434 e. The highest BCUT2D eigenvalue weighted by Crippen LogP contribution is 2.34. The smallest absolute Gasteiger partial charge is 0.294 e. The molecule has 2 nitrogen and oxygen atoms in total. The summed E-state index contributed by atoms with van der Waals surface area (Å²) in [7, 11) is 0. The SMILES string of the molecule is CC(=O)c1ccc(C(F)(F)F)nc1C(F)(F)F. The topological polar surface area (TPSA) is 30.0 Å². The summed E-state index contributed by atoms with van der Waals surface area (Å²) in [5, 5.41) is 0. The molecule has 0 spiro atoms. The summed E-state index contributed by atoms with van der Waals surface area (Å²) in [6.07, 6.45) is -10.1. The average Bonchev–Trinajstić information content (AvgIpc) is 2.14. The predicted octanol–water partition coefficient (Wildman–Crippen LogP) is 3.32. The number of Topliss-reactive ketones (excluding diaryl/α,β-unsaturated/α-hetero) is 1. The van der Waals surface area contributed by atoms with Gasteiger partial charge in [0.15, 0.2) is 11.5 Å². The van der Waals surface area contributed by atoms with Crippen molar-refractivity contribution in [2.45, 2.75) is 19.3 Å². The molecule has 0 aromatic carbocycles. The van der Waals surface area contributed by atoms with Crippen LogP contribution in [0.1, 0.15) is 28.7 Å². The summed E-state index contributed by atoms with van der Waals surface area (Å²) >= 11 is 0. The van der Waals surface area contributed by atoms with E-state index in [9.17, 15) is 31.1 Å². The number of halogens is 6. The van der Waals surface area contributed by atoms with Gasteiger partial charge < -0.3 is 0 Å². The molecule has 0 saturated carbocycles. The number of ketones is 1. The van der Waals surface area contributed by atoms with Crippen molar-refractivity contribution in [2.75, 3.05) is 0 Å². The van der Waals surface area contributed by atoms with Gasteiger partial charge in [0.2, 0.25) is 0 Å². The maximum Gasteiger partial charge on any atom is 0.434 e. The second kappa shape index (κ2) is 4.01. The van der Waals surface area contributed by atoms with Gasteiger partial charge in [-0.3, -0.25) is 4.79 Å². The van der Waals surface area contributed by atoms with Crippen LogP contribution < -0.4 is 0 Å². The molecule has 0 fully saturated rings. The molecule has 17 heavy (non-hydrogen) atoms. The lowest BCUT2D eigenvalue weighted by Gasteiger charge is -2.12. The molecule has 8 heteroatoms. The van der Waals surface area contributed by atoms with Crippen LogP contribution in [0.2, 0.25) is 0 Å². The van der Waals surface area contributed by atoms with Gasteiger partial charge in [-0.2, -0.15) is 26.3 Å². The molecule has 0 saturated heterocycles. The van der Waals surface area contributed by atoms with Crippen LogP contribution >= 0.6 is 0 Å². The van der Waals surface area contributed by atoms with Gasteiger partial charge in [0, 0.05) is 5.56 Å². The Hall–Kier alpha value is -1.60. The first-order chi connectivity index (χ1) is 7.53. The van der Waals surface area contributed by atoms with Gasteiger partial charge in [-0.25, -0.2) is 4.98 Å². The number of carbonyl (C=O) groups is 1. The van der Waals surface area contributed by atoms with E-state index in [4.69, 9.17) is 0 Å². The van der Waals surface area contributed by atoms with E-state index >= 15 is 0 Å². The Morgan fingerprint density at radius 2 is 1.59 bits per heavy atom. The molecule has 0 unspecified atom stereocenters. The number of aromatic nitrogens is 1. The van der Waals surface area contributed by atoms with Gasteiger partial charge in [0.25, 0.3) is 0 Å². The first-order valence-corrected chi connectivity index (χ1v) is 4.20. The monoisotopic (exact) mass is 257 g/mol. The van der Waals surface area contributed by atoms with E-state index in [1.54, 1.807) is 0 Å². The van der Waals surface area contributed by atoms with Crippen molar-refractivity contribution < 1.29 is 31.1 Å². The van der Waals surface area contributed by atoms with Crippen molar-refractivity contribution in [2.24, 2.45) is 0 Å². The fourth-order valence-electron chi connectivity index (χ4n) is 1.12. The standard InChI is InChI=1S/C9H5F6NO/c1-4(17)5-2-3-6(8(10,11)12)16-7(5)9(13,14)15/h2-3H,1H3. The van der Waals surface area contributed by atoms with Crippen LogP contribution in [-0.2, 0) is 12.4 Å². The lowest BCUT2D eigenvalue weighted by Crippen LogP contribution is -2.18. The van der Waals surface area contributed by atoms with E-state index in [2.05, 4.69) is 4.98 Å². The quantitative estimate of drug-likeness (QED) is 0.570. The zero-order valence-corrected chi connectivity index (χ0v) is 8.28. The van der Waals surface area contributed by atoms with Crippen molar-refractivity contribution in [3.63, 3.8) is 0 Å². The molecule has 94 valence electrons. The molecule has 0 amide bonds. The minimum Gasteiger partial charge on any atom is -0.294 e. The van der Waals surface area contributed by atoms with E-state index in [1.165, 1.54) is 0 Å². The molecule has 0 radical (unpaired) electrons. The molecule has 1 aromatic rings. The van der Waals surface area contributed by atoms with Crippen LogP contribution in [0.5, 0.6) is 0 Å². The Kier molecular flexibility index (Phi) is 3.17. The Morgan fingerprint density at radius 1 is 1.06 bits per heavy atom. The summed E-state index contributed by atoms with van der Waals surface area (Å²) in [6.45, 7) is 0.819. The van der Waals surface area contributed by atoms with Crippen molar-refractivity contribution in [1.82, 2.24) is 4.98 Å². The number of rotatable bonds is 1. The Labute approximate surface area is 91.3 Å². The maximum absolute atomic E-state index is 12.4. The molecule has 0 N–H and O–H groups in total. The van der Waals surface area contributed by atoms with E-state index in [0.717, 1.165) is 6.92 Å². The molecule has 0 atom stereocenters. The maximum atomic E-state index is 12.4. The predicted molar refractivity (Wildman–Crippen MR) is 44.2 cm³/mol. The molecular weight excluding hydrogens is 252 g/mol. The molecule has 0 aliphatic rings. The molecule has 1 rings (SSSR count). The molecule has 0 aliphatic heterocycles. The molecule has 1 heterocycles. The fourth-order valence-corrected chi connectivity index (χ4v) is 1.12. The summed E-state index contributed by atoms with van der Waals surface area (Å²) in [5.74, 6) is -1.00. The minimum absolute atomic E-state index is 0.339. The molecule has 0 aliphatic carbocycles. The van der Waals surface area contributed by atoms with Gasteiger partial charge in [0.05, 0.1) is 0 Å². The van der Waals surface area contributed by atoms with Gasteiger partial charge in [-0.15, -0.1) is 0 Å². The zero-order chi connectivity index (χ0) is 13.4. The number of pyridine rings is 1. The van der Waals surface area contributed by atoms with E-state index in [0.29, 0.717) is 12.1 Å². The lowest BCUT2D eigenvalue weighted by molar-refractivity contribution is -0.150. The Balaban J connectivity index is 3.46. The van der Waals surface area contributed by atoms with Gasteiger partial charge in [0.1, 0.15) is 5.69 Å². The van der Waals surface area contributed by atoms with E-state index < -0.39 is 35.1 Å². The van der Waals surface area contributed by atoms with E-state index in [1.807, 2.05) is 0 Å². The van der Waals surface area contributed by atoms with Crippen molar-refractivity contribution in [1.29, 1.82) is 0 Å². The Bertz CT molecular complexity index is 448. The summed E-state index contributed by atoms with van der Waals surface area (Å²) in [4.78, 5) is 13.3. The first kappa shape index (κ1) is 13.5. The van der Waals surface area contributed by atoms with Crippen LogP contribution in [0.3, 0.4) is 0 Å². The normalized spacial score (nSPS) is 12.6. The number of hydrogen-bond acceptors (Lipinski definition) is 2. The number of alkyl halides is 6. The van der Waals surface area contributed by atoms with Crippen molar-refractivity contribution >= 4 is 5.78 Å². The van der Waals surface area contributed by atoms with Crippen LogP contribution in [0, 0.1) is 0 Å². The number of hydrogen-bond donors (Lipinski definition) is 0. The van der Waals surface area contributed by atoms with Crippen LogP contribution in [0.4, 0.5) is 26.3 Å². The fraction of sp³-hybridized carbons (Fsp3) is 0.333. The minimum atomic E-state index is -5.11. The number of nitrogens with zero attached hydrogens (tertiary/aromatic N) is 1. The first-order valence-electron chi connectivity index (χ1n) is 4.20. The van der Waals surface area contributed by atoms with Gasteiger partial charge >= 0.3 is 12.4 Å². The summed E-state index contributed by atoms with van der Waals surface area (Å²) < 4.78 is 73.7. The van der Waals surface area contributed by atoms with Crippen LogP contribution in [0.15, 0.2) is 12.1 Å². The van der Waals surface area contributed by atoms with Crippen LogP contribution in [0.25, 0.3) is 0 Å². The van der Waals surface area contributed by atoms with Gasteiger partial charge in [-0.1, -0.05) is 0 Å². The van der Waals surface area contributed by atoms with Gasteiger partial charge in [-0.05, 0) is 19.1 Å². The van der Waals surface area contributed by atoms with Crippen molar-refractivity contribution in [3.8, 4) is 0 Å². The molecule has 0 bridgehead atoms. The highest BCUT2D eigenvalue weighted by Gasteiger charge is 2.40. The van der Waals surface area contributed by atoms with Crippen LogP contribution in [-0.4, -0.2) is 10.8 Å². The number of carbonyl (C=O) groups excluding carboxylic acids is 1. The molecule has 1 aromatic heterocycles. The summed E-state index contributed by atoms with van der Waals surface area (Å²) in [6, 6.07) is 0.812. The van der Waals surface area contributed by atoms with Crippen molar-refractivity contribution in [3.05, 3.63) is 29.1 Å². The van der Waals surface area contributed by atoms with E-state index in [-0.39, 0.29) is 0 Å². The lowest BCUT2D eigenvalue weighted by atomic mass is 10.1. The Morgan fingerprint density at radius 3 is 1.94 bits per heavy atom. The third-order valence-corrected chi connectivity index (χ3v) is 1.83. The molecular formula is C9H5F6NO. The third-order valence-electron chi connectivity index (χ3n) is 1.83. The second-order valence-corrected chi connectivity index (χ2v) is 3.14.